The average Bonchev–Trinajstić information content (AvgIpc) is 2.28. The molecule has 1 N–H and O–H groups in total. The van der Waals surface area contributed by atoms with Crippen molar-refractivity contribution in [1.82, 2.24) is 0 Å². The molecule has 0 heterocycles. The normalized spacial score (nSPS) is 12.7. The van der Waals surface area contributed by atoms with Gasteiger partial charge in [-0.1, -0.05) is 44.5 Å². The van der Waals surface area contributed by atoms with Gasteiger partial charge in [-0.3, -0.25) is 0 Å². The second-order valence-corrected chi connectivity index (χ2v) is 4.36. The van der Waals surface area contributed by atoms with Crippen LogP contribution < -0.4 is 0 Å². The van der Waals surface area contributed by atoms with Crippen LogP contribution in [0, 0.1) is 5.92 Å². The first-order valence-corrected chi connectivity index (χ1v) is 5.95. The Morgan fingerprint density at radius 1 is 1.13 bits per heavy atom. The van der Waals surface area contributed by atoms with Crippen molar-refractivity contribution in [2.75, 3.05) is 6.61 Å². The minimum Gasteiger partial charge on any atom is -0.396 e. The van der Waals surface area contributed by atoms with Crippen LogP contribution in [0.15, 0.2) is 24.3 Å². The summed E-state index contributed by atoms with van der Waals surface area (Å²) in [6, 6.07) is 8.82. The summed E-state index contributed by atoms with van der Waals surface area (Å²) < 4.78 is 0. The van der Waals surface area contributed by atoms with Gasteiger partial charge in [-0.05, 0) is 36.3 Å². The summed E-state index contributed by atoms with van der Waals surface area (Å²) >= 11 is 0. The first-order chi connectivity index (χ1) is 7.26. The Hall–Kier alpha value is -0.820. The molecule has 1 unspecified atom stereocenters. The molecule has 84 valence electrons. The fourth-order valence-corrected chi connectivity index (χ4v) is 1.67. The van der Waals surface area contributed by atoms with E-state index in [2.05, 4.69) is 38.1 Å². The summed E-state index contributed by atoms with van der Waals surface area (Å²) in [6.45, 7) is 4.81. The Labute approximate surface area is 93.1 Å². The van der Waals surface area contributed by atoms with Crippen LogP contribution in [0.3, 0.4) is 0 Å². The van der Waals surface area contributed by atoms with Gasteiger partial charge in [0.2, 0.25) is 0 Å². The maximum absolute atomic E-state index is 8.73. The summed E-state index contributed by atoms with van der Waals surface area (Å²) in [7, 11) is 0. The van der Waals surface area contributed by atoms with Crippen molar-refractivity contribution in [2.24, 2.45) is 5.92 Å². The molecule has 1 nitrogen and oxygen atoms in total. The lowest BCUT2D eigenvalue weighted by Crippen LogP contribution is -1.98. The molecule has 0 spiro atoms. The van der Waals surface area contributed by atoms with E-state index in [0.717, 1.165) is 18.8 Å². The molecule has 0 saturated heterocycles. The number of hydrogen-bond acceptors (Lipinski definition) is 1. The summed E-state index contributed by atoms with van der Waals surface area (Å²) in [4.78, 5) is 0. The van der Waals surface area contributed by atoms with E-state index >= 15 is 0 Å². The van der Waals surface area contributed by atoms with Crippen LogP contribution >= 0.6 is 0 Å². The fraction of sp³-hybridized carbons (Fsp3) is 0.571. The molecule has 1 aromatic rings. The van der Waals surface area contributed by atoms with Gasteiger partial charge in [-0.25, -0.2) is 0 Å². The molecule has 0 aliphatic rings. The van der Waals surface area contributed by atoms with Crippen molar-refractivity contribution in [2.45, 2.75) is 39.5 Å². The van der Waals surface area contributed by atoms with Crippen LogP contribution in [0.25, 0.3) is 0 Å². The molecule has 0 aliphatic carbocycles. The summed E-state index contributed by atoms with van der Waals surface area (Å²) in [5.74, 6) is 0.772. The number of benzene rings is 1. The van der Waals surface area contributed by atoms with E-state index < -0.39 is 0 Å². The zero-order valence-corrected chi connectivity index (χ0v) is 9.87. The van der Waals surface area contributed by atoms with E-state index in [4.69, 9.17) is 5.11 Å². The van der Waals surface area contributed by atoms with Gasteiger partial charge < -0.3 is 5.11 Å². The first-order valence-electron chi connectivity index (χ1n) is 5.95. The highest BCUT2D eigenvalue weighted by Crippen LogP contribution is 2.13. The van der Waals surface area contributed by atoms with Gasteiger partial charge in [0.15, 0.2) is 0 Å². The third-order valence-corrected chi connectivity index (χ3v) is 2.93. The smallest absolute Gasteiger partial charge is 0.0434 e. The van der Waals surface area contributed by atoms with E-state index in [-0.39, 0.29) is 6.61 Å². The summed E-state index contributed by atoms with van der Waals surface area (Å²) in [5.41, 5.74) is 2.76. The second-order valence-electron chi connectivity index (χ2n) is 4.36. The van der Waals surface area contributed by atoms with Gasteiger partial charge in [-0.2, -0.15) is 0 Å². The predicted molar refractivity (Wildman–Crippen MR) is 65.0 cm³/mol. The molecule has 0 radical (unpaired) electrons. The van der Waals surface area contributed by atoms with Crippen molar-refractivity contribution < 1.29 is 5.11 Å². The Morgan fingerprint density at radius 3 is 2.27 bits per heavy atom. The average molecular weight is 206 g/mol. The van der Waals surface area contributed by atoms with Crippen molar-refractivity contribution in [3.8, 4) is 0 Å². The SMILES string of the molecule is CCC(C)Cc1ccc(CCCO)cc1. The van der Waals surface area contributed by atoms with E-state index in [0.29, 0.717) is 0 Å². The van der Waals surface area contributed by atoms with Crippen molar-refractivity contribution in [1.29, 1.82) is 0 Å². The zero-order valence-electron chi connectivity index (χ0n) is 9.87. The number of hydrogen-bond donors (Lipinski definition) is 1. The van der Waals surface area contributed by atoms with Gasteiger partial charge in [0.25, 0.3) is 0 Å². The van der Waals surface area contributed by atoms with Gasteiger partial charge in [0.1, 0.15) is 0 Å². The van der Waals surface area contributed by atoms with Crippen LogP contribution in [0.4, 0.5) is 0 Å². The lowest BCUT2D eigenvalue weighted by Gasteiger charge is -2.08. The van der Waals surface area contributed by atoms with Crippen molar-refractivity contribution >= 4 is 0 Å². The lowest BCUT2D eigenvalue weighted by atomic mass is 9.97. The van der Waals surface area contributed by atoms with Gasteiger partial charge in [-0.15, -0.1) is 0 Å². The molecule has 0 fully saturated rings. The van der Waals surface area contributed by atoms with Gasteiger partial charge in [0, 0.05) is 6.61 Å². The molecule has 0 bridgehead atoms. The molecule has 0 aliphatic heterocycles. The Morgan fingerprint density at radius 2 is 1.73 bits per heavy atom. The highest BCUT2D eigenvalue weighted by atomic mass is 16.2. The topological polar surface area (TPSA) is 20.2 Å². The number of aliphatic hydroxyl groups excluding tert-OH is 1. The van der Waals surface area contributed by atoms with E-state index in [9.17, 15) is 0 Å². The number of aliphatic hydroxyl groups is 1. The molecule has 1 heteroatoms. The third kappa shape index (κ3) is 4.48. The molecule has 1 atom stereocenters. The van der Waals surface area contributed by atoms with Crippen LogP contribution in [0.1, 0.15) is 37.8 Å². The Kier molecular flexibility index (Phi) is 5.41. The standard InChI is InChI=1S/C14H22O/c1-3-12(2)11-14-8-6-13(7-9-14)5-4-10-15/h6-9,12,15H,3-5,10-11H2,1-2H3. The number of aryl methyl sites for hydroxylation is 1. The Balaban J connectivity index is 2.48. The van der Waals surface area contributed by atoms with E-state index in [1.165, 1.54) is 24.0 Å². The molecule has 0 saturated carbocycles. The largest absolute Gasteiger partial charge is 0.396 e. The molecule has 0 amide bonds. The quantitative estimate of drug-likeness (QED) is 0.758. The highest BCUT2D eigenvalue weighted by molar-refractivity contribution is 5.22. The van der Waals surface area contributed by atoms with Crippen LogP contribution in [-0.2, 0) is 12.8 Å². The molecule has 1 aromatic carbocycles. The second kappa shape index (κ2) is 6.62. The van der Waals surface area contributed by atoms with Crippen LogP contribution in [0.2, 0.25) is 0 Å². The maximum Gasteiger partial charge on any atom is 0.0434 e. The predicted octanol–water partition coefficient (Wildman–Crippen LogP) is 3.20. The van der Waals surface area contributed by atoms with Crippen molar-refractivity contribution in [3.63, 3.8) is 0 Å². The number of rotatable bonds is 6. The lowest BCUT2D eigenvalue weighted by molar-refractivity contribution is 0.288. The maximum atomic E-state index is 8.73. The molecule has 0 aromatic heterocycles. The van der Waals surface area contributed by atoms with E-state index in [1.807, 2.05) is 0 Å². The van der Waals surface area contributed by atoms with Crippen molar-refractivity contribution in [3.05, 3.63) is 35.4 Å². The highest BCUT2D eigenvalue weighted by Gasteiger charge is 2.00. The van der Waals surface area contributed by atoms with Crippen LogP contribution in [0.5, 0.6) is 0 Å². The summed E-state index contributed by atoms with van der Waals surface area (Å²) in [5, 5.41) is 8.73. The monoisotopic (exact) mass is 206 g/mol. The first kappa shape index (κ1) is 12.3. The fourth-order valence-electron chi connectivity index (χ4n) is 1.67. The molecular formula is C14H22O. The molecular weight excluding hydrogens is 184 g/mol. The van der Waals surface area contributed by atoms with Crippen LogP contribution in [-0.4, -0.2) is 11.7 Å². The minimum atomic E-state index is 0.286. The van der Waals surface area contributed by atoms with E-state index in [1.54, 1.807) is 0 Å². The zero-order chi connectivity index (χ0) is 11.1. The third-order valence-electron chi connectivity index (χ3n) is 2.93. The van der Waals surface area contributed by atoms with Gasteiger partial charge >= 0.3 is 0 Å². The molecule has 15 heavy (non-hydrogen) atoms. The molecule has 1 rings (SSSR count). The van der Waals surface area contributed by atoms with Gasteiger partial charge in [0.05, 0.1) is 0 Å². The minimum absolute atomic E-state index is 0.286. The summed E-state index contributed by atoms with van der Waals surface area (Å²) in [6.07, 6.45) is 4.27. The Bertz CT molecular complexity index is 263.